The van der Waals surface area contributed by atoms with Crippen molar-refractivity contribution in [1.29, 1.82) is 0 Å². The average molecular weight is 408 g/mol. The molecule has 1 aliphatic heterocycles. The van der Waals surface area contributed by atoms with Crippen LogP contribution in [-0.4, -0.2) is 23.9 Å². The molecule has 30 heavy (non-hydrogen) atoms. The Labute approximate surface area is 179 Å². The summed E-state index contributed by atoms with van der Waals surface area (Å²) in [4.78, 5) is 26.0. The Morgan fingerprint density at radius 1 is 1.03 bits per heavy atom. The average Bonchev–Trinajstić information content (AvgIpc) is 2.76. The molecule has 2 aromatic carbocycles. The first-order valence-electron chi connectivity index (χ1n) is 10.9. The Morgan fingerprint density at radius 3 is 2.33 bits per heavy atom. The van der Waals surface area contributed by atoms with Crippen molar-refractivity contribution in [2.45, 2.75) is 65.1 Å². The van der Waals surface area contributed by atoms with Crippen LogP contribution in [-0.2, 0) is 22.6 Å². The van der Waals surface area contributed by atoms with Crippen LogP contribution in [0.5, 0.6) is 0 Å². The van der Waals surface area contributed by atoms with Crippen molar-refractivity contribution in [2.75, 3.05) is 5.32 Å². The fraction of sp³-hybridized carbons (Fsp3) is 0.440. The minimum Gasteiger partial charge on any atom is -0.343 e. The summed E-state index contributed by atoms with van der Waals surface area (Å²) in [5.74, 6) is 0.168. The van der Waals surface area contributed by atoms with Crippen molar-refractivity contribution in [1.82, 2.24) is 10.6 Å². The molecule has 0 aromatic heterocycles. The second kappa shape index (κ2) is 9.90. The van der Waals surface area contributed by atoms with E-state index in [4.69, 9.17) is 0 Å². The number of hydrogen-bond donors (Lipinski definition) is 3. The zero-order valence-electron chi connectivity index (χ0n) is 18.4. The third-order valence-electron chi connectivity index (χ3n) is 6.04. The SMILES string of the molecule is CC[C@H](C)[C@@H](NC(=O)[C@@H]1Cc2ccccc2CN1)C(=O)Nc1ccc(C(C)C)cc1. The van der Waals surface area contributed by atoms with Crippen LogP contribution in [0, 0.1) is 5.92 Å². The van der Waals surface area contributed by atoms with Gasteiger partial charge < -0.3 is 16.0 Å². The maximum atomic E-state index is 13.0. The third kappa shape index (κ3) is 5.28. The summed E-state index contributed by atoms with van der Waals surface area (Å²) in [5, 5.41) is 9.28. The monoisotopic (exact) mass is 407 g/mol. The van der Waals surface area contributed by atoms with Crippen LogP contribution in [0.2, 0.25) is 0 Å². The van der Waals surface area contributed by atoms with Crippen LogP contribution in [0.1, 0.15) is 56.7 Å². The van der Waals surface area contributed by atoms with Crippen molar-refractivity contribution >= 4 is 17.5 Å². The molecule has 2 aromatic rings. The number of fused-ring (bicyclic) bond motifs is 1. The Bertz CT molecular complexity index is 876. The van der Waals surface area contributed by atoms with Gasteiger partial charge in [-0.1, -0.05) is 70.5 Å². The molecule has 160 valence electrons. The quantitative estimate of drug-likeness (QED) is 0.650. The summed E-state index contributed by atoms with van der Waals surface area (Å²) in [6.45, 7) is 8.97. The molecule has 1 heterocycles. The van der Waals surface area contributed by atoms with Crippen LogP contribution in [0.4, 0.5) is 5.69 Å². The van der Waals surface area contributed by atoms with Crippen molar-refractivity contribution in [3.05, 3.63) is 65.2 Å². The van der Waals surface area contributed by atoms with Gasteiger partial charge in [0.25, 0.3) is 0 Å². The molecule has 0 fully saturated rings. The minimum absolute atomic E-state index is 0.0276. The highest BCUT2D eigenvalue weighted by atomic mass is 16.2. The lowest BCUT2D eigenvalue weighted by Gasteiger charge is -2.29. The van der Waals surface area contributed by atoms with E-state index in [1.165, 1.54) is 16.7 Å². The number of hydrogen-bond acceptors (Lipinski definition) is 3. The minimum atomic E-state index is -0.578. The molecule has 5 nitrogen and oxygen atoms in total. The Kier molecular flexibility index (Phi) is 7.27. The molecule has 3 N–H and O–H groups in total. The number of nitrogens with one attached hydrogen (secondary N) is 3. The molecular formula is C25H33N3O2. The summed E-state index contributed by atoms with van der Waals surface area (Å²) in [5.41, 5.74) is 4.38. The maximum absolute atomic E-state index is 13.0. The van der Waals surface area contributed by atoms with Crippen LogP contribution >= 0.6 is 0 Å². The molecule has 3 rings (SSSR count). The van der Waals surface area contributed by atoms with E-state index < -0.39 is 6.04 Å². The van der Waals surface area contributed by atoms with E-state index in [2.05, 4.69) is 41.9 Å². The lowest BCUT2D eigenvalue weighted by Crippen LogP contribution is -2.55. The largest absolute Gasteiger partial charge is 0.343 e. The van der Waals surface area contributed by atoms with Crippen molar-refractivity contribution in [2.24, 2.45) is 5.92 Å². The Balaban J connectivity index is 1.66. The topological polar surface area (TPSA) is 70.2 Å². The lowest BCUT2D eigenvalue weighted by atomic mass is 9.94. The van der Waals surface area contributed by atoms with E-state index in [-0.39, 0.29) is 23.8 Å². The van der Waals surface area contributed by atoms with Gasteiger partial charge in [0.2, 0.25) is 11.8 Å². The zero-order valence-corrected chi connectivity index (χ0v) is 18.4. The number of carbonyl (C=O) groups is 2. The normalized spacial score (nSPS) is 17.7. The highest BCUT2D eigenvalue weighted by Gasteiger charge is 2.30. The number of carbonyl (C=O) groups excluding carboxylic acids is 2. The van der Waals surface area contributed by atoms with Gasteiger partial charge in [-0.25, -0.2) is 0 Å². The smallest absolute Gasteiger partial charge is 0.247 e. The first-order valence-corrected chi connectivity index (χ1v) is 10.9. The molecular weight excluding hydrogens is 374 g/mol. The summed E-state index contributed by atoms with van der Waals surface area (Å²) in [6.07, 6.45) is 1.43. The summed E-state index contributed by atoms with van der Waals surface area (Å²) < 4.78 is 0. The van der Waals surface area contributed by atoms with E-state index in [9.17, 15) is 9.59 Å². The summed E-state index contributed by atoms with van der Waals surface area (Å²) >= 11 is 0. The lowest BCUT2D eigenvalue weighted by molar-refractivity contribution is -0.129. The third-order valence-corrected chi connectivity index (χ3v) is 6.04. The number of amides is 2. The van der Waals surface area contributed by atoms with E-state index >= 15 is 0 Å². The van der Waals surface area contributed by atoms with Gasteiger partial charge in [0.05, 0.1) is 6.04 Å². The molecule has 0 radical (unpaired) electrons. The van der Waals surface area contributed by atoms with E-state index in [0.29, 0.717) is 18.9 Å². The first kappa shape index (κ1) is 22.0. The predicted octanol–water partition coefficient (Wildman–Crippen LogP) is 3.99. The second-order valence-corrected chi connectivity index (χ2v) is 8.54. The molecule has 0 aliphatic carbocycles. The van der Waals surface area contributed by atoms with Gasteiger partial charge in [-0.15, -0.1) is 0 Å². The zero-order chi connectivity index (χ0) is 21.7. The highest BCUT2D eigenvalue weighted by molar-refractivity contribution is 5.98. The number of benzene rings is 2. The van der Waals surface area contributed by atoms with Gasteiger partial charge >= 0.3 is 0 Å². The summed E-state index contributed by atoms with van der Waals surface area (Å²) in [7, 11) is 0. The van der Waals surface area contributed by atoms with E-state index in [0.717, 1.165) is 12.1 Å². The first-order chi connectivity index (χ1) is 14.4. The molecule has 3 atom stereocenters. The number of rotatable bonds is 7. The van der Waals surface area contributed by atoms with Gasteiger partial charge in [0.1, 0.15) is 6.04 Å². The Morgan fingerprint density at radius 2 is 1.70 bits per heavy atom. The van der Waals surface area contributed by atoms with Gasteiger partial charge in [-0.3, -0.25) is 9.59 Å². The van der Waals surface area contributed by atoms with Crippen LogP contribution in [0.3, 0.4) is 0 Å². The van der Waals surface area contributed by atoms with Crippen LogP contribution in [0.25, 0.3) is 0 Å². The predicted molar refractivity (Wildman–Crippen MR) is 121 cm³/mol. The van der Waals surface area contributed by atoms with Gasteiger partial charge in [0.15, 0.2) is 0 Å². The molecule has 0 bridgehead atoms. The van der Waals surface area contributed by atoms with Crippen LogP contribution in [0.15, 0.2) is 48.5 Å². The fourth-order valence-electron chi connectivity index (χ4n) is 3.77. The van der Waals surface area contributed by atoms with Crippen molar-refractivity contribution in [3.63, 3.8) is 0 Å². The summed E-state index contributed by atoms with van der Waals surface area (Å²) in [6, 6.07) is 15.1. The standard InChI is InChI=1S/C25H33N3O2/c1-5-17(4)23(25(30)27-21-12-10-18(11-13-21)16(2)3)28-24(29)22-14-19-8-6-7-9-20(19)15-26-22/h6-13,16-17,22-23,26H,5,14-15H2,1-4H3,(H,27,30)(H,28,29)/t17-,22-,23+/m0/s1. The molecule has 0 spiro atoms. The fourth-order valence-corrected chi connectivity index (χ4v) is 3.77. The van der Waals surface area contributed by atoms with Gasteiger partial charge in [-0.05, 0) is 47.1 Å². The molecule has 1 aliphatic rings. The molecule has 0 saturated carbocycles. The molecule has 0 unspecified atom stereocenters. The highest BCUT2D eigenvalue weighted by Crippen LogP contribution is 2.19. The number of anilines is 1. The molecule has 2 amide bonds. The van der Waals surface area contributed by atoms with Crippen molar-refractivity contribution < 1.29 is 9.59 Å². The maximum Gasteiger partial charge on any atom is 0.247 e. The second-order valence-electron chi connectivity index (χ2n) is 8.54. The van der Waals surface area contributed by atoms with Crippen LogP contribution < -0.4 is 16.0 Å². The van der Waals surface area contributed by atoms with E-state index in [1.807, 2.05) is 50.2 Å². The van der Waals surface area contributed by atoms with Crippen molar-refractivity contribution in [3.8, 4) is 0 Å². The van der Waals surface area contributed by atoms with E-state index in [1.54, 1.807) is 0 Å². The molecule has 0 saturated heterocycles. The molecule has 5 heteroatoms. The van der Waals surface area contributed by atoms with Gasteiger partial charge in [-0.2, -0.15) is 0 Å². The Hall–Kier alpha value is -2.66. The van der Waals surface area contributed by atoms with Gasteiger partial charge in [0, 0.05) is 12.2 Å².